The van der Waals surface area contributed by atoms with E-state index < -0.39 is 27.5 Å². The van der Waals surface area contributed by atoms with Crippen LogP contribution in [-0.4, -0.2) is 42.7 Å². The van der Waals surface area contributed by atoms with Crippen LogP contribution in [0.4, 0.5) is 0 Å². The number of nitrogens with two attached hydrogens (primary N) is 1. The number of nitrogens with one attached hydrogen (secondary N) is 2. The molecule has 3 aromatic rings. The maximum Gasteiger partial charge on any atom is 0.274 e. The van der Waals surface area contributed by atoms with Crippen LogP contribution in [0.2, 0.25) is 5.02 Å². The van der Waals surface area contributed by atoms with E-state index in [4.69, 9.17) is 16.7 Å². The number of carbonyl (C=O) groups excluding carboxylic acids is 2. The van der Waals surface area contributed by atoms with Crippen molar-refractivity contribution in [3.05, 3.63) is 68.7 Å². The zero-order chi connectivity index (χ0) is 21.6. The molecule has 0 unspecified atom stereocenters. The summed E-state index contributed by atoms with van der Waals surface area (Å²) in [6.45, 7) is -0.0952. The molecule has 1 aliphatic rings. The van der Waals surface area contributed by atoms with Gasteiger partial charge in [-0.1, -0.05) is 11.6 Å². The van der Waals surface area contributed by atoms with E-state index in [1.165, 1.54) is 28.8 Å². The van der Waals surface area contributed by atoms with Crippen molar-refractivity contribution < 1.29 is 18.0 Å². The second-order valence-electron chi connectivity index (χ2n) is 6.49. The Morgan fingerprint density at radius 3 is 2.63 bits per heavy atom. The largest absolute Gasteiger partial charge is 0.351 e. The molecular formula is C18H14ClN5O5S. The number of aromatic nitrogens is 2. The minimum atomic E-state index is -3.85. The van der Waals surface area contributed by atoms with Crippen LogP contribution in [-0.2, 0) is 10.2 Å². The van der Waals surface area contributed by atoms with Crippen molar-refractivity contribution in [2.45, 2.75) is 0 Å². The Morgan fingerprint density at radius 1 is 1.13 bits per heavy atom. The number of rotatable bonds is 5. The molecule has 4 N–H and O–H groups in total. The molecule has 1 amide bonds. The third-order valence-electron chi connectivity index (χ3n) is 4.49. The number of halogens is 1. The highest BCUT2D eigenvalue weighted by molar-refractivity contribution is 7.87. The van der Waals surface area contributed by atoms with Gasteiger partial charge in [-0.15, -0.1) is 0 Å². The van der Waals surface area contributed by atoms with Gasteiger partial charge in [-0.05, 0) is 36.4 Å². The average molecular weight is 448 g/mol. The second kappa shape index (κ2) is 7.29. The number of amides is 1. The Morgan fingerprint density at radius 2 is 1.90 bits per heavy atom. The molecule has 0 spiro atoms. The summed E-state index contributed by atoms with van der Waals surface area (Å²) in [6.07, 6.45) is 0. The lowest BCUT2D eigenvalue weighted by molar-refractivity contribution is 0.0954. The van der Waals surface area contributed by atoms with E-state index in [2.05, 4.69) is 10.3 Å². The summed E-state index contributed by atoms with van der Waals surface area (Å²) in [5.41, 5.74) is 0.560. The van der Waals surface area contributed by atoms with Crippen LogP contribution in [0.25, 0.3) is 16.6 Å². The number of fused-ring (bicyclic) bond motifs is 4. The maximum atomic E-state index is 12.9. The third-order valence-corrected chi connectivity index (χ3v) is 5.33. The van der Waals surface area contributed by atoms with Crippen molar-refractivity contribution in [2.24, 2.45) is 5.14 Å². The highest BCUT2D eigenvalue weighted by Crippen LogP contribution is 2.27. The van der Waals surface area contributed by atoms with E-state index in [1.807, 2.05) is 4.72 Å². The van der Waals surface area contributed by atoms with Gasteiger partial charge in [0, 0.05) is 23.7 Å². The molecule has 1 aliphatic heterocycles. The molecule has 2 aromatic carbocycles. The van der Waals surface area contributed by atoms with Gasteiger partial charge in [0.25, 0.3) is 21.7 Å². The Kier molecular flexibility index (Phi) is 4.90. The lowest BCUT2D eigenvalue weighted by Gasteiger charge is -2.08. The molecule has 154 valence electrons. The molecule has 0 saturated carbocycles. The molecule has 12 heteroatoms. The fourth-order valence-corrected chi connectivity index (χ4v) is 3.73. The van der Waals surface area contributed by atoms with E-state index in [9.17, 15) is 22.8 Å². The average Bonchev–Trinajstić information content (AvgIpc) is 2.96. The molecule has 0 aliphatic carbocycles. The highest BCUT2D eigenvalue weighted by atomic mass is 35.5. The zero-order valence-electron chi connectivity index (χ0n) is 15.2. The highest BCUT2D eigenvalue weighted by Gasteiger charge is 2.31. The first-order chi connectivity index (χ1) is 14.2. The molecule has 30 heavy (non-hydrogen) atoms. The van der Waals surface area contributed by atoms with Crippen LogP contribution in [0.15, 0.2) is 41.2 Å². The first kappa shape index (κ1) is 20.2. The molecule has 0 atom stereocenters. The van der Waals surface area contributed by atoms with Crippen molar-refractivity contribution in [3.63, 3.8) is 0 Å². The van der Waals surface area contributed by atoms with Gasteiger partial charge in [0.05, 0.1) is 22.2 Å². The molecule has 2 heterocycles. The number of hydrogen-bond donors (Lipinski definition) is 3. The van der Waals surface area contributed by atoms with Gasteiger partial charge in [0.1, 0.15) is 0 Å². The second-order valence-corrected chi connectivity index (χ2v) is 8.31. The van der Waals surface area contributed by atoms with Gasteiger partial charge >= 0.3 is 0 Å². The Balaban J connectivity index is 1.65. The van der Waals surface area contributed by atoms with Crippen LogP contribution in [0.1, 0.15) is 26.5 Å². The summed E-state index contributed by atoms with van der Waals surface area (Å²) < 4.78 is 24.9. The van der Waals surface area contributed by atoms with Gasteiger partial charge in [-0.2, -0.15) is 8.42 Å². The van der Waals surface area contributed by atoms with Gasteiger partial charge in [-0.3, -0.25) is 19.0 Å². The number of nitrogens with zero attached hydrogens (tertiary/aromatic N) is 2. The van der Waals surface area contributed by atoms with E-state index >= 15 is 0 Å². The summed E-state index contributed by atoms with van der Waals surface area (Å²) in [5.74, 6) is -1.07. The van der Waals surface area contributed by atoms with Crippen molar-refractivity contribution in [1.82, 2.24) is 19.6 Å². The molecule has 0 radical (unpaired) electrons. The van der Waals surface area contributed by atoms with Crippen molar-refractivity contribution in [3.8, 4) is 5.69 Å². The monoisotopic (exact) mass is 447 g/mol. The van der Waals surface area contributed by atoms with Gasteiger partial charge in [0.15, 0.2) is 5.82 Å². The van der Waals surface area contributed by atoms with Crippen LogP contribution < -0.4 is 20.7 Å². The third kappa shape index (κ3) is 3.59. The maximum absolute atomic E-state index is 12.9. The SMILES string of the molecule is NS(=O)(=O)NCCNC(=O)c1ccc2c(c1)C(=O)c1nc3cc(Cl)ccc3c(=O)n1-2. The van der Waals surface area contributed by atoms with Crippen LogP contribution in [0.3, 0.4) is 0 Å². The number of carbonyl (C=O) groups is 2. The molecule has 0 saturated heterocycles. The summed E-state index contributed by atoms with van der Waals surface area (Å²) in [5, 5.41) is 8.02. The number of benzene rings is 2. The molecule has 10 nitrogen and oxygen atoms in total. The summed E-state index contributed by atoms with van der Waals surface area (Å²) in [6, 6.07) is 8.93. The summed E-state index contributed by atoms with van der Waals surface area (Å²) >= 11 is 5.96. The quantitative estimate of drug-likeness (QED) is 0.369. The number of hydrogen-bond acceptors (Lipinski definition) is 6. The van der Waals surface area contributed by atoms with Gasteiger partial charge in [0.2, 0.25) is 5.78 Å². The predicted molar refractivity (Wildman–Crippen MR) is 109 cm³/mol. The fraction of sp³-hybridized carbons (Fsp3) is 0.111. The van der Waals surface area contributed by atoms with E-state index in [-0.39, 0.29) is 30.0 Å². The normalized spacial score (nSPS) is 12.7. The minimum Gasteiger partial charge on any atom is -0.351 e. The van der Waals surface area contributed by atoms with Crippen LogP contribution in [0.5, 0.6) is 0 Å². The van der Waals surface area contributed by atoms with Crippen molar-refractivity contribution in [1.29, 1.82) is 0 Å². The molecule has 1 aromatic heterocycles. The fourth-order valence-electron chi connectivity index (χ4n) is 3.18. The smallest absolute Gasteiger partial charge is 0.274 e. The summed E-state index contributed by atoms with van der Waals surface area (Å²) in [7, 11) is -3.85. The summed E-state index contributed by atoms with van der Waals surface area (Å²) in [4.78, 5) is 42.3. The molecule has 0 bridgehead atoms. The van der Waals surface area contributed by atoms with Gasteiger partial charge in [-0.25, -0.2) is 14.8 Å². The van der Waals surface area contributed by atoms with Crippen molar-refractivity contribution >= 4 is 44.4 Å². The molecule has 0 fully saturated rings. The standard InChI is InChI=1S/C18H14ClN5O5S/c19-10-2-3-11-13(8-10)23-16-15(25)12-7-9(1-4-14(12)24(16)18(11)27)17(26)21-5-6-22-30(20,28)29/h1-4,7-8,22H,5-6H2,(H,21,26)(H2,20,28,29). The lowest BCUT2D eigenvalue weighted by Crippen LogP contribution is -2.37. The van der Waals surface area contributed by atoms with Crippen molar-refractivity contribution in [2.75, 3.05) is 13.1 Å². The molecular weight excluding hydrogens is 434 g/mol. The first-order valence-electron chi connectivity index (χ1n) is 8.63. The zero-order valence-corrected chi connectivity index (χ0v) is 16.7. The Bertz CT molecular complexity index is 1400. The van der Waals surface area contributed by atoms with E-state index in [0.29, 0.717) is 21.6 Å². The van der Waals surface area contributed by atoms with Crippen LogP contribution >= 0.6 is 11.6 Å². The predicted octanol–water partition coefficient (Wildman–Crippen LogP) is 0.106. The first-order valence-corrected chi connectivity index (χ1v) is 10.6. The molecule has 4 rings (SSSR count). The van der Waals surface area contributed by atoms with E-state index in [0.717, 1.165) is 0 Å². The minimum absolute atomic E-state index is 0.00627. The Hall–Kier alpha value is -3.12. The lowest BCUT2D eigenvalue weighted by atomic mass is 10.1. The number of ketones is 1. The Labute approximate surface area is 174 Å². The topological polar surface area (TPSA) is 153 Å². The van der Waals surface area contributed by atoms with Crippen LogP contribution in [0, 0.1) is 0 Å². The van der Waals surface area contributed by atoms with E-state index in [1.54, 1.807) is 12.1 Å². The van der Waals surface area contributed by atoms with Gasteiger partial charge < -0.3 is 5.32 Å².